The van der Waals surface area contributed by atoms with Crippen LogP contribution in [0.5, 0.6) is 5.75 Å². The average molecular weight is 449 g/mol. The highest BCUT2D eigenvalue weighted by atomic mass is 35.5. The Hall–Kier alpha value is -3.79. The number of primary amides is 1. The molecule has 0 heterocycles. The van der Waals surface area contributed by atoms with Gasteiger partial charge in [-0.25, -0.2) is 9.59 Å². The van der Waals surface area contributed by atoms with Gasteiger partial charge >= 0.3 is 18.0 Å². The molecule has 2 aromatic carbocycles. The predicted octanol–water partition coefficient (Wildman–Crippen LogP) is 2.34. The highest BCUT2D eigenvalue weighted by Crippen LogP contribution is 2.25. The number of methoxy groups -OCH3 is 1. The van der Waals surface area contributed by atoms with Crippen LogP contribution in [0.2, 0.25) is 5.02 Å². The summed E-state index contributed by atoms with van der Waals surface area (Å²) in [6.45, 7) is -0.694. The highest BCUT2D eigenvalue weighted by Gasteiger charge is 2.21. The fourth-order valence-electron chi connectivity index (χ4n) is 2.54. The summed E-state index contributed by atoms with van der Waals surface area (Å²) in [6, 6.07) is 10.5. The smallest absolute Gasteiger partial charge is 0.325 e. The number of ether oxygens (including phenoxy) is 2. The summed E-state index contributed by atoms with van der Waals surface area (Å²) < 4.78 is 9.88. The number of halogens is 1. The van der Waals surface area contributed by atoms with Gasteiger partial charge in [0.05, 0.1) is 19.6 Å². The van der Waals surface area contributed by atoms with Gasteiger partial charge in [0.25, 0.3) is 5.91 Å². The van der Waals surface area contributed by atoms with E-state index in [1.165, 1.54) is 7.11 Å². The van der Waals surface area contributed by atoms with Crippen LogP contribution in [0.1, 0.15) is 18.0 Å². The molecular formula is C20H21ClN4O6. The van der Waals surface area contributed by atoms with E-state index in [-0.39, 0.29) is 6.42 Å². The van der Waals surface area contributed by atoms with Crippen molar-refractivity contribution >= 4 is 41.2 Å². The number of imide groups is 1. The molecule has 0 aliphatic rings. The number of amides is 5. The van der Waals surface area contributed by atoms with E-state index in [9.17, 15) is 19.2 Å². The molecule has 1 unspecified atom stereocenters. The third-order valence-corrected chi connectivity index (χ3v) is 4.28. The van der Waals surface area contributed by atoms with Crippen molar-refractivity contribution in [1.82, 2.24) is 10.6 Å². The van der Waals surface area contributed by atoms with Crippen LogP contribution in [-0.2, 0) is 14.3 Å². The molecule has 11 heteroatoms. The Balaban J connectivity index is 1.84. The Morgan fingerprint density at radius 1 is 1.06 bits per heavy atom. The number of hydrogen-bond donors (Lipinski definition) is 4. The van der Waals surface area contributed by atoms with Gasteiger partial charge in [0.2, 0.25) is 0 Å². The Morgan fingerprint density at radius 2 is 1.74 bits per heavy atom. The molecule has 164 valence electrons. The van der Waals surface area contributed by atoms with E-state index in [0.29, 0.717) is 22.0 Å². The number of rotatable bonds is 8. The van der Waals surface area contributed by atoms with E-state index in [4.69, 9.17) is 26.8 Å². The molecule has 0 aliphatic carbocycles. The Labute approximate surface area is 183 Å². The summed E-state index contributed by atoms with van der Waals surface area (Å²) in [5.41, 5.74) is 6.05. The van der Waals surface area contributed by atoms with Crippen molar-refractivity contribution in [2.75, 3.05) is 19.0 Å². The first-order valence-corrected chi connectivity index (χ1v) is 9.37. The van der Waals surface area contributed by atoms with Crippen molar-refractivity contribution in [3.8, 4) is 5.75 Å². The molecule has 10 nitrogen and oxygen atoms in total. The summed E-state index contributed by atoms with van der Waals surface area (Å²) in [6.07, 6.45) is -0.321. The van der Waals surface area contributed by atoms with Gasteiger partial charge in [0.1, 0.15) is 5.75 Å². The molecule has 5 N–H and O–H groups in total. The van der Waals surface area contributed by atoms with Crippen molar-refractivity contribution in [3.63, 3.8) is 0 Å². The SMILES string of the molecule is COc1ccc(NC(=O)NC(=O)COC(=O)CC(NC(N)=O)c2ccccc2Cl)cc1. The quantitative estimate of drug-likeness (QED) is 0.455. The molecule has 0 spiro atoms. The molecular weight excluding hydrogens is 428 g/mol. The zero-order valence-corrected chi connectivity index (χ0v) is 17.3. The van der Waals surface area contributed by atoms with Crippen LogP contribution in [-0.4, -0.2) is 37.7 Å². The second-order valence-electron chi connectivity index (χ2n) is 6.18. The normalized spacial score (nSPS) is 11.0. The third-order valence-electron chi connectivity index (χ3n) is 3.93. The topological polar surface area (TPSA) is 149 Å². The lowest BCUT2D eigenvalue weighted by molar-refractivity contribution is -0.148. The Bertz CT molecular complexity index is 951. The standard InChI is InChI=1S/C20H21ClN4O6/c1-30-13-8-6-12(7-9-13)23-20(29)25-17(26)11-31-18(27)10-16(24-19(22)28)14-4-2-3-5-15(14)21/h2-9,16H,10-11H2,1H3,(H3,22,24,28)(H2,23,25,26,29). The summed E-state index contributed by atoms with van der Waals surface area (Å²) in [5.74, 6) is -1.03. The van der Waals surface area contributed by atoms with E-state index < -0.39 is 36.6 Å². The molecule has 0 bridgehead atoms. The molecule has 0 saturated heterocycles. The monoisotopic (exact) mass is 448 g/mol. The van der Waals surface area contributed by atoms with Crippen LogP contribution < -0.4 is 26.4 Å². The summed E-state index contributed by atoms with van der Waals surface area (Å²) in [5, 5.41) is 7.21. The van der Waals surface area contributed by atoms with Gasteiger partial charge in [-0.3, -0.25) is 14.9 Å². The zero-order chi connectivity index (χ0) is 22.8. The lowest BCUT2D eigenvalue weighted by Gasteiger charge is -2.18. The maximum Gasteiger partial charge on any atom is 0.325 e. The van der Waals surface area contributed by atoms with E-state index in [2.05, 4.69) is 10.6 Å². The minimum atomic E-state index is -0.856. The van der Waals surface area contributed by atoms with Gasteiger partial charge in [-0.2, -0.15) is 0 Å². The van der Waals surface area contributed by atoms with E-state index in [0.717, 1.165) is 0 Å². The van der Waals surface area contributed by atoms with E-state index in [1.807, 2.05) is 5.32 Å². The first-order chi connectivity index (χ1) is 14.8. The summed E-state index contributed by atoms with van der Waals surface area (Å²) in [4.78, 5) is 47.1. The fourth-order valence-corrected chi connectivity index (χ4v) is 2.81. The summed E-state index contributed by atoms with van der Waals surface area (Å²) >= 11 is 6.09. The first-order valence-electron chi connectivity index (χ1n) is 8.99. The highest BCUT2D eigenvalue weighted by molar-refractivity contribution is 6.31. The van der Waals surface area contributed by atoms with Gasteiger partial charge in [-0.15, -0.1) is 0 Å². The fraction of sp³-hybridized carbons (Fsp3) is 0.200. The van der Waals surface area contributed by atoms with E-state index in [1.54, 1.807) is 48.5 Å². The molecule has 0 fully saturated rings. The Kier molecular flexibility index (Phi) is 8.64. The molecule has 0 radical (unpaired) electrons. The molecule has 0 saturated carbocycles. The number of anilines is 1. The minimum Gasteiger partial charge on any atom is -0.497 e. The summed E-state index contributed by atoms with van der Waals surface area (Å²) in [7, 11) is 1.51. The third kappa shape index (κ3) is 7.86. The van der Waals surface area contributed by atoms with Crippen LogP contribution in [0.15, 0.2) is 48.5 Å². The van der Waals surface area contributed by atoms with Crippen LogP contribution >= 0.6 is 11.6 Å². The van der Waals surface area contributed by atoms with Gasteiger partial charge < -0.3 is 25.8 Å². The maximum atomic E-state index is 12.1. The molecule has 0 aromatic heterocycles. The lowest BCUT2D eigenvalue weighted by Crippen LogP contribution is -2.38. The number of hydrogen-bond acceptors (Lipinski definition) is 6. The van der Waals surface area contributed by atoms with Gasteiger partial charge in [-0.1, -0.05) is 29.8 Å². The minimum absolute atomic E-state index is 0.321. The maximum absolute atomic E-state index is 12.1. The number of carbonyl (C=O) groups excluding carboxylic acids is 4. The van der Waals surface area contributed by atoms with Gasteiger partial charge in [0, 0.05) is 10.7 Å². The number of esters is 1. The Morgan fingerprint density at radius 3 is 2.35 bits per heavy atom. The van der Waals surface area contributed by atoms with Crippen molar-refractivity contribution in [2.45, 2.75) is 12.5 Å². The molecule has 0 aliphatic heterocycles. The molecule has 31 heavy (non-hydrogen) atoms. The number of benzene rings is 2. The number of nitrogens with two attached hydrogens (primary N) is 1. The van der Waals surface area contributed by atoms with Crippen LogP contribution in [0.4, 0.5) is 15.3 Å². The van der Waals surface area contributed by atoms with Gasteiger partial charge in [0.15, 0.2) is 6.61 Å². The average Bonchev–Trinajstić information content (AvgIpc) is 2.72. The zero-order valence-electron chi connectivity index (χ0n) is 16.5. The number of urea groups is 2. The van der Waals surface area contributed by atoms with Gasteiger partial charge in [-0.05, 0) is 35.9 Å². The van der Waals surface area contributed by atoms with Crippen LogP contribution in [0, 0.1) is 0 Å². The predicted molar refractivity (Wildman–Crippen MR) is 113 cm³/mol. The van der Waals surface area contributed by atoms with Crippen LogP contribution in [0.3, 0.4) is 0 Å². The largest absolute Gasteiger partial charge is 0.497 e. The van der Waals surface area contributed by atoms with Crippen molar-refractivity contribution in [2.24, 2.45) is 5.73 Å². The second-order valence-corrected chi connectivity index (χ2v) is 6.59. The van der Waals surface area contributed by atoms with Crippen molar-refractivity contribution in [1.29, 1.82) is 0 Å². The second kappa shape index (κ2) is 11.4. The van der Waals surface area contributed by atoms with E-state index >= 15 is 0 Å². The number of carbonyl (C=O) groups is 4. The number of nitrogens with one attached hydrogen (secondary N) is 3. The van der Waals surface area contributed by atoms with Crippen molar-refractivity contribution < 1.29 is 28.7 Å². The van der Waals surface area contributed by atoms with Crippen molar-refractivity contribution in [3.05, 3.63) is 59.1 Å². The van der Waals surface area contributed by atoms with Crippen LogP contribution in [0.25, 0.3) is 0 Å². The molecule has 2 aromatic rings. The molecule has 1 atom stereocenters. The molecule has 2 rings (SSSR count). The first kappa shape index (κ1) is 23.5. The molecule has 5 amide bonds. The lowest BCUT2D eigenvalue weighted by atomic mass is 10.0.